The third kappa shape index (κ3) is 4.37. The number of carbonyl (C=O) groups excluding carboxylic acids is 1. The van der Waals surface area contributed by atoms with Gasteiger partial charge in [0.1, 0.15) is 17.6 Å². The van der Waals surface area contributed by atoms with Crippen LogP contribution in [0.3, 0.4) is 0 Å². The van der Waals surface area contributed by atoms with Gasteiger partial charge in [-0.1, -0.05) is 48.5 Å². The van der Waals surface area contributed by atoms with E-state index in [-0.39, 0.29) is 12.5 Å². The first-order valence-electron chi connectivity index (χ1n) is 9.36. The zero-order chi connectivity index (χ0) is 20.8. The zero-order valence-electron chi connectivity index (χ0n) is 16.0. The third-order valence-electron chi connectivity index (χ3n) is 4.40. The van der Waals surface area contributed by atoms with E-state index in [1.165, 1.54) is 0 Å². The lowest BCUT2D eigenvalue weighted by Crippen LogP contribution is -2.20. The number of aromatic nitrogens is 2. The van der Waals surface area contributed by atoms with E-state index in [1.54, 1.807) is 24.3 Å². The normalized spacial score (nSPS) is 11.1. The smallest absolute Gasteiger partial charge is 0.262 e. The molecule has 4 rings (SSSR count). The summed E-state index contributed by atoms with van der Waals surface area (Å²) in [5, 5.41) is 12.4. The van der Waals surface area contributed by atoms with Crippen LogP contribution >= 0.6 is 0 Å². The molecule has 0 saturated heterocycles. The molecule has 1 aromatic heterocycles. The average Bonchev–Trinajstić information content (AvgIpc) is 3.21. The maximum absolute atomic E-state index is 12.2. The molecule has 0 atom stereocenters. The van der Waals surface area contributed by atoms with E-state index in [0.717, 1.165) is 11.0 Å². The van der Waals surface area contributed by atoms with Gasteiger partial charge in [0.25, 0.3) is 5.91 Å². The van der Waals surface area contributed by atoms with Gasteiger partial charge in [0, 0.05) is 11.3 Å². The van der Waals surface area contributed by atoms with Crippen molar-refractivity contribution >= 4 is 34.3 Å². The number of amides is 1. The van der Waals surface area contributed by atoms with Crippen molar-refractivity contribution in [2.45, 2.75) is 0 Å². The molecule has 2 N–H and O–H groups in total. The number of ether oxygens (including phenoxy) is 1. The van der Waals surface area contributed by atoms with Gasteiger partial charge in [-0.3, -0.25) is 4.79 Å². The molecular weight excluding hydrogens is 376 g/mol. The highest BCUT2D eigenvalue weighted by Gasteiger charge is 2.11. The second-order valence-corrected chi connectivity index (χ2v) is 6.51. The summed E-state index contributed by atoms with van der Waals surface area (Å²) in [7, 11) is 0. The maximum atomic E-state index is 12.2. The van der Waals surface area contributed by atoms with Crippen LogP contribution in [0.5, 0.6) is 5.75 Å². The molecule has 3 aromatic carbocycles. The Bertz CT molecular complexity index is 1220. The lowest BCUT2D eigenvalue weighted by atomic mass is 10.1. The molecule has 0 spiro atoms. The minimum absolute atomic E-state index is 0.147. The van der Waals surface area contributed by atoms with E-state index >= 15 is 0 Å². The van der Waals surface area contributed by atoms with Crippen molar-refractivity contribution < 1.29 is 9.53 Å². The van der Waals surface area contributed by atoms with Gasteiger partial charge in [0.15, 0.2) is 6.61 Å². The highest BCUT2D eigenvalue weighted by Crippen LogP contribution is 2.25. The molecule has 0 bridgehead atoms. The minimum atomic E-state index is -0.266. The molecule has 0 aliphatic carbocycles. The first-order chi connectivity index (χ1) is 14.7. The molecule has 0 aliphatic heterocycles. The quantitative estimate of drug-likeness (QED) is 0.466. The van der Waals surface area contributed by atoms with Gasteiger partial charge in [-0.25, -0.2) is 4.98 Å². The van der Waals surface area contributed by atoms with Crippen molar-refractivity contribution in [1.82, 2.24) is 9.97 Å². The SMILES string of the molecule is N#C/C(=C\c1ccccc1OCC(=O)Nc1ccccc1)c1nc2ccccc2[nH]1. The van der Waals surface area contributed by atoms with Gasteiger partial charge in [-0.2, -0.15) is 5.26 Å². The Labute approximate surface area is 173 Å². The number of para-hydroxylation sites is 4. The van der Waals surface area contributed by atoms with Gasteiger partial charge in [0.2, 0.25) is 0 Å². The number of hydrogen-bond donors (Lipinski definition) is 2. The van der Waals surface area contributed by atoms with Crippen LogP contribution in [-0.4, -0.2) is 22.5 Å². The van der Waals surface area contributed by atoms with E-state index in [2.05, 4.69) is 21.4 Å². The fourth-order valence-electron chi connectivity index (χ4n) is 2.98. The van der Waals surface area contributed by atoms with Crippen LogP contribution in [0.4, 0.5) is 5.69 Å². The Balaban J connectivity index is 1.53. The Morgan fingerprint density at radius 1 is 1.03 bits per heavy atom. The van der Waals surface area contributed by atoms with Crippen LogP contribution in [0.1, 0.15) is 11.4 Å². The first-order valence-corrected chi connectivity index (χ1v) is 9.36. The highest BCUT2D eigenvalue weighted by molar-refractivity contribution is 5.93. The van der Waals surface area contributed by atoms with Crippen LogP contribution in [0.25, 0.3) is 22.7 Å². The predicted octanol–water partition coefficient (Wildman–Crippen LogP) is 4.64. The number of benzene rings is 3. The summed E-state index contributed by atoms with van der Waals surface area (Å²) in [4.78, 5) is 19.8. The van der Waals surface area contributed by atoms with Gasteiger partial charge in [-0.05, 0) is 36.4 Å². The van der Waals surface area contributed by atoms with Crippen molar-refractivity contribution in [1.29, 1.82) is 5.26 Å². The largest absolute Gasteiger partial charge is 0.483 e. The molecule has 146 valence electrons. The zero-order valence-corrected chi connectivity index (χ0v) is 16.0. The number of anilines is 1. The predicted molar refractivity (Wildman–Crippen MR) is 117 cm³/mol. The molecule has 4 aromatic rings. The van der Waals surface area contributed by atoms with Crippen molar-refractivity contribution in [2.24, 2.45) is 0 Å². The van der Waals surface area contributed by atoms with Crippen LogP contribution in [0.2, 0.25) is 0 Å². The summed E-state index contributed by atoms with van der Waals surface area (Å²) in [5.41, 5.74) is 3.40. The van der Waals surface area contributed by atoms with Gasteiger partial charge in [-0.15, -0.1) is 0 Å². The molecule has 0 unspecified atom stereocenters. The number of nitrogens with one attached hydrogen (secondary N) is 2. The molecule has 1 amide bonds. The number of aromatic amines is 1. The molecule has 0 aliphatic rings. The molecule has 0 radical (unpaired) electrons. The number of imidazole rings is 1. The number of fused-ring (bicyclic) bond motifs is 1. The summed E-state index contributed by atoms with van der Waals surface area (Å²) in [6.07, 6.45) is 1.70. The molecule has 30 heavy (non-hydrogen) atoms. The van der Waals surface area contributed by atoms with Crippen LogP contribution < -0.4 is 10.1 Å². The van der Waals surface area contributed by atoms with Crippen LogP contribution in [0.15, 0.2) is 78.9 Å². The molecule has 0 saturated carbocycles. The number of carbonyl (C=O) groups is 1. The summed E-state index contributed by atoms with van der Waals surface area (Å²) in [6.45, 7) is -0.147. The lowest BCUT2D eigenvalue weighted by molar-refractivity contribution is -0.118. The van der Waals surface area contributed by atoms with Crippen LogP contribution in [0, 0.1) is 11.3 Å². The second kappa shape index (κ2) is 8.76. The van der Waals surface area contributed by atoms with E-state index in [1.807, 2.05) is 60.7 Å². The van der Waals surface area contributed by atoms with Crippen molar-refractivity contribution in [3.8, 4) is 11.8 Å². The number of rotatable bonds is 6. The van der Waals surface area contributed by atoms with E-state index < -0.39 is 0 Å². The van der Waals surface area contributed by atoms with E-state index in [9.17, 15) is 10.1 Å². The Hall–Kier alpha value is -4.37. The Kier molecular flexibility index (Phi) is 5.54. The third-order valence-corrected chi connectivity index (χ3v) is 4.40. The summed E-state index contributed by atoms with van der Waals surface area (Å²) >= 11 is 0. The highest BCUT2D eigenvalue weighted by atomic mass is 16.5. The summed E-state index contributed by atoms with van der Waals surface area (Å²) in [5.74, 6) is 0.720. The lowest BCUT2D eigenvalue weighted by Gasteiger charge is -2.10. The number of allylic oxidation sites excluding steroid dienone is 1. The first kappa shape index (κ1) is 19.0. The Morgan fingerprint density at radius 3 is 2.57 bits per heavy atom. The number of H-pyrrole nitrogens is 1. The van der Waals surface area contributed by atoms with Crippen molar-refractivity contribution in [3.05, 3.63) is 90.3 Å². The number of nitrogens with zero attached hydrogens (tertiary/aromatic N) is 2. The fraction of sp³-hybridized carbons (Fsp3) is 0.0417. The van der Waals surface area contributed by atoms with Crippen molar-refractivity contribution in [3.63, 3.8) is 0 Å². The average molecular weight is 394 g/mol. The van der Waals surface area contributed by atoms with Gasteiger partial charge >= 0.3 is 0 Å². The summed E-state index contributed by atoms with van der Waals surface area (Å²) in [6, 6.07) is 26.2. The molecule has 6 heteroatoms. The fourth-order valence-corrected chi connectivity index (χ4v) is 2.98. The minimum Gasteiger partial charge on any atom is -0.483 e. The monoisotopic (exact) mass is 394 g/mol. The number of nitriles is 1. The van der Waals surface area contributed by atoms with Crippen molar-refractivity contribution in [2.75, 3.05) is 11.9 Å². The van der Waals surface area contributed by atoms with E-state index in [0.29, 0.717) is 28.4 Å². The maximum Gasteiger partial charge on any atom is 0.262 e. The molecule has 0 fully saturated rings. The van der Waals surface area contributed by atoms with Crippen LogP contribution in [-0.2, 0) is 4.79 Å². The second-order valence-electron chi connectivity index (χ2n) is 6.51. The van der Waals surface area contributed by atoms with E-state index in [4.69, 9.17) is 4.74 Å². The Morgan fingerprint density at radius 2 is 1.77 bits per heavy atom. The summed E-state index contributed by atoms with van der Waals surface area (Å²) < 4.78 is 5.71. The molecule has 6 nitrogen and oxygen atoms in total. The topological polar surface area (TPSA) is 90.8 Å². The molecular formula is C24H18N4O2. The standard InChI is InChI=1S/C24H18N4O2/c25-15-18(24-27-20-11-5-6-12-21(20)28-24)14-17-8-4-7-13-22(17)30-16-23(29)26-19-9-2-1-3-10-19/h1-14H,16H2,(H,26,29)(H,27,28)/b18-14+. The van der Waals surface area contributed by atoms with Gasteiger partial charge in [0.05, 0.1) is 16.6 Å². The molecule has 1 heterocycles. The number of hydrogen-bond acceptors (Lipinski definition) is 4. The van der Waals surface area contributed by atoms with Gasteiger partial charge < -0.3 is 15.0 Å².